The Morgan fingerprint density at radius 3 is 2.85 bits per heavy atom. The van der Waals surface area contributed by atoms with Crippen molar-refractivity contribution in [3.05, 3.63) is 44.4 Å². The molecule has 3 heterocycles. The van der Waals surface area contributed by atoms with E-state index in [0.717, 1.165) is 27.0 Å². The molecule has 0 atom stereocenters. The number of aromatic carboxylic acids is 1. The van der Waals surface area contributed by atoms with E-state index in [0.29, 0.717) is 6.42 Å². The average molecular weight is 305 g/mol. The van der Waals surface area contributed by atoms with Crippen molar-refractivity contribution in [2.75, 3.05) is 0 Å². The Morgan fingerprint density at radius 1 is 1.35 bits per heavy atom. The van der Waals surface area contributed by atoms with Crippen molar-refractivity contribution < 1.29 is 9.90 Å². The van der Waals surface area contributed by atoms with Gasteiger partial charge in [0.15, 0.2) is 0 Å². The van der Waals surface area contributed by atoms with E-state index in [2.05, 4.69) is 15.0 Å². The molecule has 0 saturated heterocycles. The third-order valence-corrected chi connectivity index (χ3v) is 4.43. The number of nitrogens with one attached hydrogen (secondary N) is 1. The Hall–Kier alpha value is -1.99. The summed E-state index contributed by atoms with van der Waals surface area (Å²) in [5, 5.41) is 14.9. The van der Waals surface area contributed by atoms with Gasteiger partial charge in [-0.1, -0.05) is 0 Å². The molecule has 0 spiro atoms. The van der Waals surface area contributed by atoms with E-state index in [9.17, 15) is 4.79 Å². The monoisotopic (exact) mass is 305 g/mol. The van der Waals surface area contributed by atoms with Gasteiger partial charge in [-0.15, -0.1) is 22.7 Å². The van der Waals surface area contributed by atoms with Gasteiger partial charge >= 0.3 is 5.97 Å². The highest BCUT2D eigenvalue weighted by Crippen LogP contribution is 2.24. The largest absolute Gasteiger partial charge is 0.477 e. The van der Waals surface area contributed by atoms with Gasteiger partial charge in [-0.05, 0) is 13.0 Å². The van der Waals surface area contributed by atoms with E-state index in [1.807, 2.05) is 17.7 Å². The Balaban J connectivity index is 1.80. The van der Waals surface area contributed by atoms with Crippen molar-refractivity contribution >= 4 is 28.6 Å². The number of aromatic nitrogens is 3. The van der Waals surface area contributed by atoms with Crippen molar-refractivity contribution in [1.29, 1.82) is 0 Å². The Kier molecular flexibility index (Phi) is 3.37. The van der Waals surface area contributed by atoms with Crippen LogP contribution in [-0.2, 0) is 6.42 Å². The standard InChI is InChI=1S/C13H11N3O2S2/c1-7-15-9(5-19-7)3-12-16-11(6-20-12)8-2-10(13(17)18)14-4-8/h2,4-6,14H,3H2,1H3,(H,17,18). The first-order chi connectivity index (χ1) is 9.61. The highest BCUT2D eigenvalue weighted by molar-refractivity contribution is 7.10. The van der Waals surface area contributed by atoms with Gasteiger partial charge in [0.25, 0.3) is 0 Å². The number of hydrogen-bond donors (Lipinski definition) is 2. The number of thiazole rings is 2. The fourth-order valence-corrected chi connectivity index (χ4v) is 3.27. The van der Waals surface area contributed by atoms with E-state index in [4.69, 9.17) is 5.11 Å². The molecule has 2 N–H and O–H groups in total. The van der Waals surface area contributed by atoms with Gasteiger partial charge in [0.05, 0.1) is 21.4 Å². The van der Waals surface area contributed by atoms with Gasteiger partial charge in [0.2, 0.25) is 0 Å². The summed E-state index contributed by atoms with van der Waals surface area (Å²) in [4.78, 5) is 22.5. The molecule has 0 amide bonds. The van der Waals surface area contributed by atoms with Crippen molar-refractivity contribution in [1.82, 2.24) is 15.0 Å². The predicted octanol–water partition coefficient (Wildman–Crippen LogP) is 3.19. The van der Waals surface area contributed by atoms with Crippen LogP contribution in [0.4, 0.5) is 0 Å². The molecule has 5 nitrogen and oxygen atoms in total. The first-order valence-corrected chi connectivity index (χ1v) is 7.65. The average Bonchev–Trinajstić information content (AvgIpc) is 3.10. The highest BCUT2D eigenvalue weighted by Gasteiger charge is 2.11. The van der Waals surface area contributed by atoms with Crippen LogP contribution in [0.5, 0.6) is 0 Å². The lowest BCUT2D eigenvalue weighted by Crippen LogP contribution is -1.94. The lowest BCUT2D eigenvalue weighted by Gasteiger charge is -1.91. The molecular formula is C13H11N3O2S2. The molecule has 20 heavy (non-hydrogen) atoms. The molecular weight excluding hydrogens is 294 g/mol. The van der Waals surface area contributed by atoms with Crippen LogP contribution >= 0.6 is 22.7 Å². The van der Waals surface area contributed by atoms with Gasteiger partial charge in [0, 0.05) is 28.9 Å². The summed E-state index contributed by atoms with van der Waals surface area (Å²) in [6, 6.07) is 1.59. The molecule has 0 bridgehead atoms. The number of hydrogen-bond acceptors (Lipinski definition) is 5. The second kappa shape index (κ2) is 5.18. The molecule has 7 heteroatoms. The van der Waals surface area contributed by atoms with Crippen molar-refractivity contribution in [3.63, 3.8) is 0 Å². The van der Waals surface area contributed by atoms with Gasteiger partial charge in [-0.2, -0.15) is 0 Å². The van der Waals surface area contributed by atoms with Crippen LogP contribution in [0.25, 0.3) is 11.3 Å². The van der Waals surface area contributed by atoms with Crippen LogP contribution in [0.15, 0.2) is 23.0 Å². The normalized spacial score (nSPS) is 10.8. The molecule has 0 aliphatic rings. The van der Waals surface area contributed by atoms with Gasteiger partial charge in [0.1, 0.15) is 5.69 Å². The van der Waals surface area contributed by atoms with E-state index >= 15 is 0 Å². The third kappa shape index (κ3) is 2.63. The molecule has 3 aromatic rings. The van der Waals surface area contributed by atoms with Crippen LogP contribution in [0.3, 0.4) is 0 Å². The van der Waals surface area contributed by atoms with Crippen molar-refractivity contribution in [2.45, 2.75) is 13.3 Å². The summed E-state index contributed by atoms with van der Waals surface area (Å²) in [5.41, 5.74) is 2.78. The second-order valence-corrected chi connectivity index (χ2v) is 6.27. The molecule has 0 aromatic carbocycles. The zero-order valence-corrected chi connectivity index (χ0v) is 12.2. The Bertz CT molecular complexity index is 757. The minimum atomic E-state index is -0.968. The summed E-state index contributed by atoms with van der Waals surface area (Å²) >= 11 is 3.19. The van der Waals surface area contributed by atoms with E-state index in [1.54, 1.807) is 34.9 Å². The summed E-state index contributed by atoms with van der Waals surface area (Å²) in [7, 11) is 0. The fraction of sp³-hybridized carbons (Fsp3) is 0.154. The fourth-order valence-electron chi connectivity index (χ4n) is 1.83. The minimum absolute atomic E-state index is 0.171. The van der Waals surface area contributed by atoms with Gasteiger partial charge in [-0.3, -0.25) is 0 Å². The molecule has 3 rings (SSSR count). The summed E-state index contributed by atoms with van der Waals surface area (Å²) in [5.74, 6) is -0.968. The Morgan fingerprint density at radius 2 is 2.20 bits per heavy atom. The lowest BCUT2D eigenvalue weighted by molar-refractivity contribution is 0.0691. The highest BCUT2D eigenvalue weighted by atomic mass is 32.1. The topological polar surface area (TPSA) is 78.9 Å². The predicted molar refractivity (Wildman–Crippen MR) is 78.5 cm³/mol. The SMILES string of the molecule is Cc1nc(Cc2nc(-c3c[nH]c(C(=O)O)c3)cs2)cs1. The summed E-state index contributed by atoms with van der Waals surface area (Å²) < 4.78 is 0. The molecule has 3 aromatic heterocycles. The number of nitrogens with zero attached hydrogens (tertiary/aromatic N) is 2. The van der Waals surface area contributed by atoms with Crippen molar-refractivity contribution in [2.24, 2.45) is 0 Å². The quantitative estimate of drug-likeness (QED) is 0.776. The number of rotatable bonds is 4. The van der Waals surface area contributed by atoms with Gasteiger partial charge in [-0.25, -0.2) is 14.8 Å². The van der Waals surface area contributed by atoms with Crippen LogP contribution in [-0.4, -0.2) is 26.0 Å². The maximum absolute atomic E-state index is 10.8. The molecule has 0 radical (unpaired) electrons. The van der Waals surface area contributed by atoms with Gasteiger partial charge < -0.3 is 10.1 Å². The molecule has 102 valence electrons. The number of aryl methyl sites for hydroxylation is 1. The summed E-state index contributed by atoms with van der Waals surface area (Å²) in [6.07, 6.45) is 2.38. The van der Waals surface area contributed by atoms with Crippen LogP contribution in [0.2, 0.25) is 0 Å². The minimum Gasteiger partial charge on any atom is -0.477 e. The van der Waals surface area contributed by atoms with Crippen LogP contribution in [0.1, 0.15) is 26.2 Å². The molecule has 0 fully saturated rings. The molecule has 0 saturated carbocycles. The number of carboxylic acids is 1. The van der Waals surface area contributed by atoms with E-state index in [1.165, 1.54) is 0 Å². The van der Waals surface area contributed by atoms with Crippen LogP contribution < -0.4 is 0 Å². The molecule has 0 aliphatic carbocycles. The Labute approximate surface area is 123 Å². The zero-order chi connectivity index (χ0) is 14.1. The summed E-state index contributed by atoms with van der Waals surface area (Å²) in [6.45, 7) is 1.98. The van der Waals surface area contributed by atoms with E-state index in [-0.39, 0.29) is 5.69 Å². The van der Waals surface area contributed by atoms with Crippen molar-refractivity contribution in [3.8, 4) is 11.3 Å². The molecule has 0 aliphatic heterocycles. The number of carbonyl (C=O) groups is 1. The molecule has 0 unspecified atom stereocenters. The number of aromatic amines is 1. The lowest BCUT2D eigenvalue weighted by atomic mass is 10.2. The number of carboxylic acid groups (broad SMARTS) is 1. The van der Waals surface area contributed by atoms with E-state index < -0.39 is 5.97 Å². The maximum Gasteiger partial charge on any atom is 0.352 e. The van der Waals surface area contributed by atoms with Crippen LogP contribution in [0, 0.1) is 6.92 Å². The second-order valence-electron chi connectivity index (χ2n) is 4.27. The zero-order valence-electron chi connectivity index (χ0n) is 10.6. The third-order valence-electron chi connectivity index (χ3n) is 2.76. The first-order valence-electron chi connectivity index (χ1n) is 5.89. The maximum atomic E-state index is 10.8. The number of H-pyrrole nitrogens is 1. The smallest absolute Gasteiger partial charge is 0.352 e. The first kappa shape index (κ1) is 13.0.